The highest BCUT2D eigenvalue weighted by Gasteiger charge is 2.20. The topological polar surface area (TPSA) is 77.8 Å². The first-order valence-corrected chi connectivity index (χ1v) is 16.1. The third-order valence-corrected chi connectivity index (χ3v) is 9.68. The van der Waals surface area contributed by atoms with Gasteiger partial charge in [-0.15, -0.1) is 11.3 Å². The van der Waals surface area contributed by atoms with Crippen LogP contribution < -0.4 is 0 Å². The van der Waals surface area contributed by atoms with E-state index in [1.807, 2.05) is 91.0 Å². The van der Waals surface area contributed by atoms with Gasteiger partial charge in [-0.25, -0.2) is 19.9 Å². The normalized spacial score (nSPS) is 11.8. The van der Waals surface area contributed by atoms with Gasteiger partial charge in [0.05, 0.1) is 15.8 Å². The molecule has 0 N–H and O–H groups in total. The highest BCUT2D eigenvalue weighted by atomic mass is 32.1. The van der Waals surface area contributed by atoms with Crippen LogP contribution in [0.4, 0.5) is 0 Å². The molecule has 0 amide bonds. The molecule has 0 aliphatic rings. The molecule has 6 nitrogen and oxygen atoms in total. The summed E-state index contributed by atoms with van der Waals surface area (Å²) in [5.41, 5.74) is 7.72. The zero-order valence-corrected chi connectivity index (χ0v) is 25.5. The highest BCUT2D eigenvalue weighted by molar-refractivity contribution is 7.21. The van der Waals surface area contributed by atoms with Crippen LogP contribution >= 0.6 is 11.3 Å². The van der Waals surface area contributed by atoms with E-state index in [2.05, 4.69) is 42.5 Å². The summed E-state index contributed by atoms with van der Waals surface area (Å²) in [7, 11) is 0. The van der Waals surface area contributed by atoms with Crippen LogP contribution in [0.5, 0.6) is 0 Å². The molecule has 4 heterocycles. The number of hydrogen-bond acceptors (Lipinski definition) is 7. The zero-order valence-electron chi connectivity index (χ0n) is 24.7. The van der Waals surface area contributed by atoms with Crippen LogP contribution in [0, 0.1) is 0 Å². The van der Waals surface area contributed by atoms with E-state index >= 15 is 0 Å². The number of aromatic nitrogens is 4. The van der Waals surface area contributed by atoms with Gasteiger partial charge in [-0.2, -0.15) is 0 Å². The van der Waals surface area contributed by atoms with Gasteiger partial charge < -0.3 is 8.83 Å². The maximum Gasteiger partial charge on any atom is 0.167 e. The fraction of sp³-hybridized carbons (Fsp3) is 0. The highest BCUT2D eigenvalue weighted by Crippen LogP contribution is 2.40. The molecule has 0 bridgehead atoms. The van der Waals surface area contributed by atoms with Crippen molar-refractivity contribution in [1.82, 2.24) is 19.9 Å². The molecule has 6 aromatic carbocycles. The van der Waals surface area contributed by atoms with Crippen molar-refractivity contribution in [2.24, 2.45) is 0 Å². The average Bonchev–Trinajstić information content (AvgIpc) is 3.84. The molecule has 0 atom stereocenters. The number of furan rings is 2. The van der Waals surface area contributed by atoms with Gasteiger partial charge in [0.15, 0.2) is 17.5 Å². The summed E-state index contributed by atoms with van der Waals surface area (Å²) in [6.07, 6.45) is 0. The number of thiazole rings is 1. The van der Waals surface area contributed by atoms with Gasteiger partial charge >= 0.3 is 0 Å². The Morgan fingerprint density at radius 3 is 2.09 bits per heavy atom. The van der Waals surface area contributed by atoms with Crippen LogP contribution in [0.15, 0.2) is 142 Å². The minimum absolute atomic E-state index is 0.543. The quantitative estimate of drug-likeness (QED) is 0.194. The fourth-order valence-electron chi connectivity index (χ4n) is 6.40. The molecule has 47 heavy (non-hydrogen) atoms. The minimum atomic E-state index is 0.543. The van der Waals surface area contributed by atoms with E-state index in [0.717, 1.165) is 81.4 Å². The molecule has 0 saturated heterocycles. The van der Waals surface area contributed by atoms with Crippen molar-refractivity contribution in [2.45, 2.75) is 0 Å². The van der Waals surface area contributed by atoms with Gasteiger partial charge in [-0.05, 0) is 42.5 Å². The van der Waals surface area contributed by atoms with Crippen molar-refractivity contribution in [3.8, 4) is 44.7 Å². The second-order valence-corrected chi connectivity index (χ2v) is 12.5. The summed E-state index contributed by atoms with van der Waals surface area (Å²) in [6.45, 7) is 0. The fourth-order valence-corrected chi connectivity index (χ4v) is 7.36. The monoisotopic (exact) mass is 622 g/mol. The second kappa shape index (κ2) is 10.2. The maximum atomic E-state index is 6.46. The Morgan fingerprint density at radius 2 is 1.17 bits per heavy atom. The van der Waals surface area contributed by atoms with Crippen molar-refractivity contribution < 1.29 is 8.83 Å². The number of benzene rings is 6. The van der Waals surface area contributed by atoms with Crippen LogP contribution in [0.3, 0.4) is 0 Å². The predicted octanol–water partition coefficient (Wildman–Crippen LogP) is 10.9. The number of hydrogen-bond donors (Lipinski definition) is 0. The van der Waals surface area contributed by atoms with E-state index in [1.54, 1.807) is 11.3 Å². The SMILES string of the molecule is c1ccc(-c2nc(-c3cccc4c3oc3ccccc34)nc(-c3cccc4oc5cc(-c6nc7ccccc7s6)ccc5c34)n2)cc1. The summed E-state index contributed by atoms with van der Waals surface area (Å²) in [6, 6.07) is 44.7. The average molecular weight is 623 g/mol. The first-order chi connectivity index (χ1) is 23.3. The van der Waals surface area contributed by atoms with E-state index in [1.165, 1.54) is 0 Å². The minimum Gasteiger partial charge on any atom is -0.456 e. The third kappa shape index (κ3) is 4.17. The molecule has 7 heteroatoms. The van der Waals surface area contributed by atoms with Crippen molar-refractivity contribution in [3.05, 3.63) is 133 Å². The molecule has 10 rings (SSSR count). The molecule has 0 saturated carbocycles. The molecule has 0 aliphatic carbocycles. The van der Waals surface area contributed by atoms with E-state index in [-0.39, 0.29) is 0 Å². The van der Waals surface area contributed by atoms with Crippen LogP contribution in [0.1, 0.15) is 0 Å². The summed E-state index contributed by atoms with van der Waals surface area (Å²) < 4.78 is 14.0. The lowest BCUT2D eigenvalue weighted by molar-refractivity contribution is 0.668. The first kappa shape index (κ1) is 26.1. The van der Waals surface area contributed by atoms with Crippen LogP contribution in [0.25, 0.3) is 98.8 Å². The van der Waals surface area contributed by atoms with Gasteiger partial charge in [-0.3, -0.25) is 0 Å². The number of para-hydroxylation sites is 3. The zero-order chi connectivity index (χ0) is 30.9. The molecule has 0 aliphatic heterocycles. The third-order valence-electron chi connectivity index (χ3n) is 8.59. The van der Waals surface area contributed by atoms with Crippen molar-refractivity contribution >= 4 is 65.4 Å². The Balaban J connectivity index is 1.19. The number of nitrogens with zero attached hydrogens (tertiary/aromatic N) is 4. The summed E-state index contributed by atoms with van der Waals surface area (Å²) in [5.74, 6) is 1.69. The van der Waals surface area contributed by atoms with Crippen LogP contribution in [-0.4, -0.2) is 19.9 Å². The van der Waals surface area contributed by atoms with Crippen molar-refractivity contribution in [1.29, 1.82) is 0 Å². The van der Waals surface area contributed by atoms with E-state index in [0.29, 0.717) is 17.5 Å². The van der Waals surface area contributed by atoms with Gasteiger partial charge in [0.2, 0.25) is 0 Å². The molecule has 10 aromatic rings. The smallest absolute Gasteiger partial charge is 0.167 e. The molecule has 4 aromatic heterocycles. The molecular weight excluding hydrogens is 601 g/mol. The summed E-state index contributed by atoms with van der Waals surface area (Å²) in [5, 5.41) is 4.98. The Bertz CT molecular complexity index is 2780. The van der Waals surface area contributed by atoms with E-state index in [4.69, 9.17) is 28.8 Å². The molecule has 0 unspecified atom stereocenters. The molecule has 0 spiro atoms. The van der Waals surface area contributed by atoms with Gasteiger partial charge in [0.25, 0.3) is 0 Å². The Morgan fingerprint density at radius 1 is 0.447 bits per heavy atom. The predicted molar refractivity (Wildman–Crippen MR) is 189 cm³/mol. The Hall–Kier alpha value is -6.18. The maximum absolute atomic E-state index is 6.46. The lowest BCUT2D eigenvalue weighted by Gasteiger charge is -2.09. The Kier molecular flexibility index (Phi) is 5.64. The molecular formula is C40H22N4O2S. The van der Waals surface area contributed by atoms with Crippen LogP contribution in [-0.2, 0) is 0 Å². The summed E-state index contributed by atoms with van der Waals surface area (Å²) in [4.78, 5) is 20.0. The number of rotatable bonds is 4. The van der Waals surface area contributed by atoms with E-state index in [9.17, 15) is 0 Å². The van der Waals surface area contributed by atoms with Crippen molar-refractivity contribution in [2.75, 3.05) is 0 Å². The van der Waals surface area contributed by atoms with E-state index < -0.39 is 0 Å². The van der Waals surface area contributed by atoms with Crippen molar-refractivity contribution in [3.63, 3.8) is 0 Å². The molecule has 0 radical (unpaired) electrons. The lowest BCUT2D eigenvalue weighted by Crippen LogP contribution is -2.00. The Labute approximate surface area is 271 Å². The van der Waals surface area contributed by atoms with Gasteiger partial charge in [0, 0.05) is 38.2 Å². The first-order valence-electron chi connectivity index (χ1n) is 15.3. The van der Waals surface area contributed by atoms with Crippen LogP contribution in [0.2, 0.25) is 0 Å². The summed E-state index contributed by atoms with van der Waals surface area (Å²) >= 11 is 1.68. The van der Waals surface area contributed by atoms with Gasteiger partial charge in [-0.1, -0.05) is 91.0 Å². The second-order valence-electron chi connectivity index (χ2n) is 11.4. The largest absolute Gasteiger partial charge is 0.456 e. The molecule has 0 fully saturated rings. The number of fused-ring (bicyclic) bond motifs is 7. The van der Waals surface area contributed by atoms with Gasteiger partial charge in [0.1, 0.15) is 27.3 Å². The molecule has 220 valence electrons. The lowest BCUT2D eigenvalue weighted by atomic mass is 10.0. The standard InChI is InChI=1S/C40H22N4O2S/c1-2-10-23(11-3-1)37-42-38(44-39(43-37)29-15-8-13-26-25-12-4-6-17-31(25)46-36(26)29)28-14-9-18-32-35(28)27-21-20-24(22-33(27)45-32)40-41-30-16-5-7-19-34(30)47-40/h1-22H.